The van der Waals surface area contributed by atoms with Crippen molar-refractivity contribution in [3.63, 3.8) is 0 Å². The van der Waals surface area contributed by atoms with Crippen molar-refractivity contribution >= 4 is 5.91 Å². The van der Waals surface area contributed by atoms with Crippen molar-refractivity contribution in [1.82, 2.24) is 9.80 Å². The van der Waals surface area contributed by atoms with Gasteiger partial charge in [-0.05, 0) is 25.8 Å². The summed E-state index contributed by atoms with van der Waals surface area (Å²) in [5.74, 6) is -2.52. The van der Waals surface area contributed by atoms with Crippen molar-refractivity contribution in [3.05, 3.63) is 23.7 Å². The monoisotopic (exact) mass is 328 g/mol. The Bertz CT molecular complexity index is 567. The molecule has 3 heterocycles. The van der Waals surface area contributed by atoms with E-state index in [-0.39, 0.29) is 31.5 Å². The smallest absolute Gasteiger partial charge is 0.289 e. The third-order valence-electron chi connectivity index (χ3n) is 4.90. The van der Waals surface area contributed by atoms with E-state index in [1.54, 1.807) is 15.9 Å². The highest BCUT2D eigenvalue weighted by Crippen LogP contribution is 2.35. The lowest BCUT2D eigenvalue weighted by Crippen LogP contribution is -2.49. The summed E-state index contributed by atoms with van der Waals surface area (Å²) in [6, 6.07) is 1.25. The molecule has 0 aliphatic carbocycles. The number of carbonyl (C=O) groups is 1. The number of furan rings is 1. The van der Waals surface area contributed by atoms with E-state index in [1.807, 2.05) is 6.92 Å². The lowest BCUT2D eigenvalue weighted by Gasteiger charge is -2.38. The molecule has 0 unspecified atom stereocenters. The molecule has 1 aromatic heterocycles. The second kappa shape index (κ2) is 6.20. The van der Waals surface area contributed by atoms with Crippen LogP contribution in [0.15, 0.2) is 16.7 Å². The molecule has 1 aromatic rings. The summed E-state index contributed by atoms with van der Waals surface area (Å²) in [6.07, 6.45) is 2.48. The van der Waals surface area contributed by atoms with Gasteiger partial charge in [-0.1, -0.05) is 0 Å². The molecule has 3 rings (SSSR count). The molecule has 2 aliphatic heterocycles. The number of carbonyl (C=O) groups excluding carboxylic acids is 1. The van der Waals surface area contributed by atoms with Crippen LogP contribution in [0, 0.1) is 6.92 Å². The molecular formula is C16H22F2N2O3. The van der Waals surface area contributed by atoms with Crippen molar-refractivity contribution in [2.45, 2.75) is 44.2 Å². The first-order valence-corrected chi connectivity index (χ1v) is 7.99. The molecule has 1 N–H and O–H groups in total. The number of alkyl halides is 2. The first-order valence-electron chi connectivity index (χ1n) is 7.99. The molecule has 2 fully saturated rings. The number of hydrogen-bond donors (Lipinski definition) is 1. The third kappa shape index (κ3) is 3.26. The van der Waals surface area contributed by atoms with Gasteiger partial charge in [0.15, 0.2) is 5.76 Å². The second-order valence-corrected chi connectivity index (χ2v) is 6.52. The number of amides is 1. The molecule has 1 atom stereocenters. The van der Waals surface area contributed by atoms with E-state index < -0.39 is 12.0 Å². The third-order valence-corrected chi connectivity index (χ3v) is 4.90. The van der Waals surface area contributed by atoms with Gasteiger partial charge in [-0.2, -0.15) is 0 Å². The second-order valence-electron chi connectivity index (χ2n) is 6.52. The minimum Gasteiger partial charge on any atom is -0.459 e. The minimum atomic E-state index is -2.73. The van der Waals surface area contributed by atoms with Gasteiger partial charge in [0.2, 0.25) is 0 Å². The zero-order chi connectivity index (χ0) is 16.6. The van der Waals surface area contributed by atoms with Crippen LogP contribution in [-0.4, -0.2) is 65.1 Å². The molecule has 0 radical (unpaired) electrons. The predicted octanol–water partition coefficient (Wildman–Crippen LogP) is 1.89. The van der Waals surface area contributed by atoms with Crippen LogP contribution in [0.2, 0.25) is 0 Å². The van der Waals surface area contributed by atoms with Gasteiger partial charge in [0.25, 0.3) is 11.8 Å². The van der Waals surface area contributed by atoms with Crippen LogP contribution in [0.4, 0.5) is 8.78 Å². The van der Waals surface area contributed by atoms with Gasteiger partial charge < -0.3 is 14.4 Å². The summed E-state index contributed by atoms with van der Waals surface area (Å²) in [6.45, 7) is 2.31. The minimum absolute atomic E-state index is 0.0118. The van der Waals surface area contributed by atoms with Gasteiger partial charge in [-0.15, -0.1) is 0 Å². The van der Waals surface area contributed by atoms with Gasteiger partial charge in [-0.25, -0.2) is 8.78 Å². The molecular weight excluding hydrogens is 306 g/mol. The highest BCUT2D eigenvalue weighted by molar-refractivity contribution is 5.92. The first-order chi connectivity index (χ1) is 10.9. The molecule has 1 amide bonds. The highest BCUT2D eigenvalue weighted by atomic mass is 19.3. The molecule has 128 valence electrons. The molecule has 0 bridgehead atoms. The lowest BCUT2D eigenvalue weighted by atomic mass is 10.0. The Morgan fingerprint density at radius 3 is 2.70 bits per heavy atom. The number of hydrogen-bond acceptors (Lipinski definition) is 4. The quantitative estimate of drug-likeness (QED) is 0.921. The van der Waals surface area contributed by atoms with Gasteiger partial charge in [-0.3, -0.25) is 9.69 Å². The lowest BCUT2D eigenvalue weighted by molar-refractivity contribution is 0.00284. The number of aliphatic hydroxyl groups excluding tert-OH is 1. The van der Waals surface area contributed by atoms with Crippen LogP contribution < -0.4 is 0 Å². The van der Waals surface area contributed by atoms with E-state index >= 15 is 0 Å². The first kappa shape index (κ1) is 16.4. The average Bonchev–Trinajstić information content (AvgIpc) is 3.09. The van der Waals surface area contributed by atoms with Crippen LogP contribution in [0.3, 0.4) is 0 Å². The van der Waals surface area contributed by atoms with E-state index in [1.165, 1.54) is 6.26 Å². The fourth-order valence-electron chi connectivity index (χ4n) is 3.66. The van der Waals surface area contributed by atoms with Crippen molar-refractivity contribution in [2.75, 3.05) is 26.2 Å². The predicted molar refractivity (Wildman–Crippen MR) is 79.5 cm³/mol. The highest BCUT2D eigenvalue weighted by Gasteiger charge is 2.47. The number of aryl methyl sites for hydroxylation is 1. The molecule has 7 heteroatoms. The maximum atomic E-state index is 13.6. The summed E-state index contributed by atoms with van der Waals surface area (Å²) < 4.78 is 32.4. The number of nitrogens with zero attached hydrogens (tertiary/aromatic N) is 2. The number of rotatable bonds is 3. The molecule has 2 saturated heterocycles. The van der Waals surface area contributed by atoms with Crippen molar-refractivity contribution in [3.8, 4) is 0 Å². The van der Waals surface area contributed by atoms with Crippen molar-refractivity contribution in [1.29, 1.82) is 0 Å². The molecule has 0 saturated carbocycles. The van der Waals surface area contributed by atoms with E-state index in [0.29, 0.717) is 31.7 Å². The summed E-state index contributed by atoms with van der Waals surface area (Å²) in [7, 11) is 0. The Hall–Kier alpha value is -1.47. The number of aliphatic hydroxyl groups is 1. The Kier molecular flexibility index (Phi) is 4.42. The van der Waals surface area contributed by atoms with Crippen LogP contribution in [0.5, 0.6) is 0 Å². The van der Waals surface area contributed by atoms with Crippen LogP contribution in [-0.2, 0) is 0 Å². The van der Waals surface area contributed by atoms with Crippen LogP contribution in [0.25, 0.3) is 0 Å². The van der Waals surface area contributed by atoms with Crippen LogP contribution in [0.1, 0.15) is 35.4 Å². The molecule has 0 aromatic carbocycles. The Morgan fingerprint density at radius 1 is 1.43 bits per heavy atom. The zero-order valence-electron chi connectivity index (χ0n) is 13.2. The van der Waals surface area contributed by atoms with E-state index in [4.69, 9.17) is 4.42 Å². The molecule has 23 heavy (non-hydrogen) atoms. The zero-order valence-corrected chi connectivity index (χ0v) is 13.2. The van der Waals surface area contributed by atoms with Gasteiger partial charge in [0.05, 0.1) is 19.4 Å². The Balaban J connectivity index is 1.60. The fourth-order valence-corrected chi connectivity index (χ4v) is 3.66. The Labute approximate surface area is 133 Å². The van der Waals surface area contributed by atoms with Gasteiger partial charge in [0, 0.05) is 37.2 Å². The standard InChI is InChI=1S/C16H22F2N2O3/c1-11-4-7-23-14(11)15(22)19-5-2-12(3-6-19)20-10-16(17,18)8-13(20)9-21/h4,7,12-13,21H,2-3,5-6,8-10H2,1H3/t13-/m0/s1. The SMILES string of the molecule is Cc1ccoc1C(=O)N1CCC(N2CC(F)(F)C[C@H]2CO)CC1. The van der Waals surface area contributed by atoms with E-state index in [9.17, 15) is 18.7 Å². The van der Waals surface area contributed by atoms with Gasteiger partial charge >= 0.3 is 0 Å². The number of likely N-dealkylation sites (tertiary alicyclic amines) is 2. The summed E-state index contributed by atoms with van der Waals surface area (Å²) in [4.78, 5) is 15.8. The fraction of sp³-hybridized carbons (Fsp3) is 0.688. The molecule has 0 spiro atoms. The maximum Gasteiger partial charge on any atom is 0.289 e. The normalized spacial score (nSPS) is 25.9. The van der Waals surface area contributed by atoms with Crippen molar-refractivity contribution in [2.24, 2.45) is 0 Å². The summed E-state index contributed by atoms with van der Waals surface area (Å²) in [5, 5.41) is 9.34. The van der Waals surface area contributed by atoms with E-state index in [2.05, 4.69) is 0 Å². The van der Waals surface area contributed by atoms with Crippen LogP contribution >= 0.6 is 0 Å². The topological polar surface area (TPSA) is 56.9 Å². The number of piperidine rings is 1. The molecule has 2 aliphatic rings. The Morgan fingerprint density at radius 2 is 2.13 bits per heavy atom. The van der Waals surface area contributed by atoms with Gasteiger partial charge in [0.1, 0.15) is 0 Å². The molecule has 5 nitrogen and oxygen atoms in total. The van der Waals surface area contributed by atoms with E-state index in [0.717, 1.165) is 5.56 Å². The largest absolute Gasteiger partial charge is 0.459 e. The summed E-state index contributed by atoms with van der Waals surface area (Å²) in [5.41, 5.74) is 0.802. The average molecular weight is 328 g/mol. The summed E-state index contributed by atoms with van der Waals surface area (Å²) >= 11 is 0. The number of halogens is 2. The maximum absolute atomic E-state index is 13.6. The van der Waals surface area contributed by atoms with Crippen molar-refractivity contribution < 1.29 is 23.1 Å².